The summed E-state index contributed by atoms with van der Waals surface area (Å²) in [6, 6.07) is 9.03. The number of rotatable bonds is 3. The molecule has 0 saturated carbocycles. The fourth-order valence-corrected chi connectivity index (χ4v) is 1.33. The van der Waals surface area contributed by atoms with Gasteiger partial charge in [-0.1, -0.05) is 18.2 Å². The molecule has 3 N–H and O–H groups in total. The number of aromatic nitrogens is 1. The predicted octanol–water partition coefficient (Wildman–Crippen LogP) is 1.64. The molecule has 2 rings (SSSR count). The fraction of sp³-hybridized carbons (Fsp3) is 0. The van der Waals surface area contributed by atoms with E-state index in [0.29, 0.717) is 12.2 Å². The molecule has 108 valence electrons. The lowest BCUT2D eigenvalue weighted by Crippen LogP contribution is -1.96. The van der Waals surface area contributed by atoms with E-state index in [1.165, 1.54) is 6.20 Å². The van der Waals surface area contributed by atoms with Crippen molar-refractivity contribution in [2.24, 2.45) is 0 Å². The van der Waals surface area contributed by atoms with Crippen molar-refractivity contribution in [3.8, 4) is 0 Å². The van der Waals surface area contributed by atoms with Crippen molar-refractivity contribution in [1.82, 2.24) is 4.98 Å². The summed E-state index contributed by atoms with van der Waals surface area (Å²) in [5.74, 6) is -3.46. The quantitative estimate of drug-likeness (QED) is 0.733. The molecule has 1 aromatic carbocycles. The monoisotopic (exact) mass is 289 g/mol. The maximum Gasteiger partial charge on any atom is 0.337 e. The van der Waals surface area contributed by atoms with Crippen molar-refractivity contribution >= 4 is 28.8 Å². The number of fused-ring (bicyclic) bond motifs is 1. The van der Waals surface area contributed by atoms with E-state index in [2.05, 4.69) is 4.98 Å². The number of aromatic carboxylic acids is 1. The molecule has 21 heavy (non-hydrogen) atoms. The van der Waals surface area contributed by atoms with Crippen LogP contribution in [-0.4, -0.2) is 38.2 Å². The first-order valence-corrected chi connectivity index (χ1v) is 5.62. The van der Waals surface area contributed by atoms with E-state index in [1.807, 2.05) is 24.3 Å². The smallest absolute Gasteiger partial charge is 0.337 e. The van der Waals surface area contributed by atoms with E-state index in [0.717, 1.165) is 10.9 Å². The number of nitrogens with zero attached hydrogens (tertiary/aromatic N) is 1. The number of benzene rings is 1. The Bertz CT molecular complexity index is 691. The van der Waals surface area contributed by atoms with E-state index >= 15 is 0 Å². The summed E-state index contributed by atoms with van der Waals surface area (Å²) in [5, 5.41) is 25.2. The Morgan fingerprint density at radius 2 is 1.52 bits per heavy atom. The van der Waals surface area contributed by atoms with Crippen LogP contribution in [0.25, 0.3) is 10.9 Å². The van der Waals surface area contributed by atoms with Crippen molar-refractivity contribution in [2.45, 2.75) is 0 Å². The minimum absolute atomic E-state index is 0.221. The summed E-state index contributed by atoms with van der Waals surface area (Å²) in [7, 11) is 0. The molecule has 7 heteroatoms. The molecule has 1 aromatic heterocycles. The van der Waals surface area contributed by atoms with Gasteiger partial charge < -0.3 is 15.3 Å². The largest absolute Gasteiger partial charge is 0.478 e. The third kappa shape index (κ3) is 5.52. The van der Waals surface area contributed by atoms with E-state index in [1.54, 1.807) is 6.07 Å². The van der Waals surface area contributed by atoms with Crippen molar-refractivity contribution in [3.05, 3.63) is 54.2 Å². The summed E-state index contributed by atoms with van der Waals surface area (Å²) in [5.41, 5.74) is 1.03. The lowest BCUT2D eigenvalue weighted by Gasteiger charge is -1.97. The summed E-state index contributed by atoms with van der Waals surface area (Å²) < 4.78 is 0. The van der Waals surface area contributed by atoms with Gasteiger partial charge in [0, 0.05) is 23.7 Å². The molecule has 0 aliphatic heterocycles. The summed E-state index contributed by atoms with van der Waals surface area (Å²) in [6.07, 6.45) is 2.48. The Labute approximate surface area is 118 Å². The Kier molecular flexibility index (Phi) is 5.57. The van der Waals surface area contributed by atoms with E-state index in [9.17, 15) is 14.4 Å². The molecule has 2 aromatic rings. The second-order valence-corrected chi connectivity index (χ2v) is 3.73. The minimum atomic E-state index is -1.26. The molecule has 7 nitrogen and oxygen atoms in total. The van der Waals surface area contributed by atoms with Gasteiger partial charge in [0.2, 0.25) is 0 Å². The molecule has 0 amide bonds. The lowest BCUT2D eigenvalue weighted by molar-refractivity contribution is -0.134. The number of carboxylic acids is 3. The molecular formula is C14H11NO6. The van der Waals surface area contributed by atoms with Crippen molar-refractivity contribution in [2.75, 3.05) is 0 Å². The number of hydrogen-bond acceptors (Lipinski definition) is 4. The number of carbonyl (C=O) groups is 3. The average Bonchev–Trinajstić information content (AvgIpc) is 2.45. The van der Waals surface area contributed by atoms with Crippen molar-refractivity contribution in [3.63, 3.8) is 0 Å². The van der Waals surface area contributed by atoms with Crippen LogP contribution in [0.5, 0.6) is 0 Å². The van der Waals surface area contributed by atoms with E-state index in [4.69, 9.17) is 15.3 Å². The maximum atomic E-state index is 10.6. The number of aliphatic carboxylic acids is 2. The summed E-state index contributed by atoms with van der Waals surface area (Å²) in [4.78, 5) is 33.7. The van der Waals surface area contributed by atoms with Crippen LogP contribution in [0.15, 0.2) is 48.7 Å². The molecule has 0 spiro atoms. The first kappa shape index (κ1) is 15.8. The highest BCUT2D eigenvalue weighted by Crippen LogP contribution is 2.12. The molecule has 1 heterocycles. The number of para-hydroxylation sites is 1. The van der Waals surface area contributed by atoms with Crippen LogP contribution in [0, 0.1) is 0 Å². The van der Waals surface area contributed by atoms with Crippen LogP contribution in [0.3, 0.4) is 0 Å². The number of hydrogen-bond donors (Lipinski definition) is 3. The fourth-order valence-electron chi connectivity index (χ4n) is 1.33. The SMILES string of the molecule is O=C(O)/C=C\C(=O)O.O=C(O)c1cnc2ccccc2c1. The van der Waals surface area contributed by atoms with Gasteiger partial charge in [0.15, 0.2) is 0 Å². The number of pyridine rings is 1. The van der Waals surface area contributed by atoms with Crippen LogP contribution in [0.4, 0.5) is 0 Å². The van der Waals surface area contributed by atoms with Crippen LogP contribution < -0.4 is 0 Å². The molecule has 0 bridgehead atoms. The number of carboxylic acid groups (broad SMARTS) is 3. The van der Waals surface area contributed by atoms with Crippen LogP contribution >= 0.6 is 0 Å². The standard InChI is InChI=1S/C10H7NO2.C4H4O4/c12-10(13)8-5-7-3-1-2-4-9(7)11-6-8;5-3(6)1-2-4(7)8/h1-6H,(H,12,13);1-2H,(H,5,6)(H,7,8)/b;2-1-. The second-order valence-electron chi connectivity index (χ2n) is 3.73. The van der Waals surface area contributed by atoms with Crippen molar-refractivity contribution in [1.29, 1.82) is 0 Å². The van der Waals surface area contributed by atoms with Crippen LogP contribution in [0.2, 0.25) is 0 Å². The van der Waals surface area contributed by atoms with E-state index < -0.39 is 17.9 Å². The van der Waals surface area contributed by atoms with E-state index in [-0.39, 0.29) is 5.56 Å². The van der Waals surface area contributed by atoms with Gasteiger partial charge in [-0.25, -0.2) is 14.4 Å². The Morgan fingerprint density at radius 3 is 2.05 bits per heavy atom. The molecule has 0 fully saturated rings. The molecular weight excluding hydrogens is 278 g/mol. The third-order valence-corrected chi connectivity index (χ3v) is 2.21. The van der Waals surface area contributed by atoms with Gasteiger partial charge in [0.1, 0.15) is 0 Å². The van der Waals surface area contributed by atoms with Crippen LogP contribution in [-0.2, 0) is 9.59 Å². The molecule has 0 atom stereocenters. The molecule has 0 radical (unpaired) electrons. The zero-order chi connectivity index (χ0) is 15.8. The second kappa shape index (κ2) is 7.39. The van der Waals surface area contributed by atoms with Gasteiger partial charge in [-0.3, -0.25) is 4.98 Å². The van der Waals surface area contributed by atoms with Gasteiger partial charge in [-0.05, 0) is 12.1 Å². The molecule has 0 aliphatic carbocycles. The normalized spacial score (nSPS) is 9.90. The highest BCUT2D eigenvalue weighted by molar-refractivity contribution is 5.92. The zero-order valence-corrected chi connectivity index (χ0v) is 10.6. The van der Waals surface area contributed by atoms with Gasteiger partial charge in [-0.2, -0.15) is 0 Å². The summed E-state index contributed by atoms with van der Waals surface area (Å²) >= 11 is 0. The highest BCUT2D eigenvalue weighted by Gasteiger charge is 2.03. The Morgan fingerprint density at radius 1 is 0.952 bits per heavy atom. The minimum Gasteiger partial charge on any atom is -0.478 e. The van der Waals surface area contributed by atoms with Gasteiger partial charge in [0.25, 0.3) is 0 Å². The predicted molar refractivity (Wildman–Crippen MR) is 73.1 cm³/mol. The summed E-state index contributed by atoms with van der Waals surface area (Å²) in [6.45, 7) is 0. The third-order valence-electron chi connectivity index (χ3n) is 2.21. The molecule has 0 aliphatic rings. The molecule has 0 unspecified atom stereocenters. The topological polar surface area (TPSA) is 125 Å². The van der Waals surface area contributed by atoms with Gasteiger partial charge >= 0.3 is 17.9 Å². The Hall–Kier alpha value is -3.22. The Balaban J connectivity index is 0.000000240. The van der Waals surface area contributed by atoms with Crippen LogP contribution in [0.1, 0.15) is 10.4 Å². The molecule has 0 saturated heterocycles. The lowest BCUT2D eigenvalue weighted by atomic mass is 10.2. The maximum absolute atomic E-state index is 10.6. The highest BCUT2D eigenvalue weighted by atomic mass is 16.4. The average molecular weight is 289 g/mol. The first-order chi connectivity index (χ1) is 9.90. The zero-order valence-electron chi connectivity index (χ0n) is 10.6. The van der Waals surface area contributed by atoms with Gasteiger partial charge in [-0.15, -0.1) is 0 Å². The van der Waals surface area contributed by atoms with Crippen molar-refractivity contribution < 1.29 is 29.7 Å². The van der Waals surface area contributed by atoms with Gasteiger partial charge in [0.05, 0.1) is 11.1 Å². The first-order valence-electron chi connectivity index (χ1n) is 5.62.